The summed E-state index contributed by atoms with van der Waals surface area (Å²) in [4.78, 5) is 40.9. The van der Waals surface area contributed by atoms with Gasteiger partial charge in [-0.05, 0) is 68.1 Å². The van der Waals surface area contributed by atoms with Crippen LogP contribution in [0, 0.1) is 25.7 Å². The summed E-state index contributed by atoms with van der Waals surface area (Å²) in [5, 5.41) is 20.5. The monoisotopic (exact) mass is 594 g/mol. The van der Waals surface area contributed by atoms with E-state index < -0.39 is 18.2 Å². The van der Waals surface area contributed by atoms with Crippen LogP contribution in [-0.2, 0) is 16.0 Å². The zero-order chi connectivity index (χ0) is 31.5. The highest BCUT2D eigenvalue weighted by atomic mass is 16.5. The summed E-state index contributed by atoms with van der Waals surface area (Å²) >= 11 is 0. The number of ether oxygens (including phenoxy) is 1. The molecule has 3 rings (SSSR count). The molecule has 0 saturated carbocycles. The van der Waals surface area contributed by atoms with E-state index in [1.165, 1.54) is 0 Å². The summed E-state index contributed by atoms with van der Waals surface area (Å²) in [7, 11) is 0. The van der Waals surface area contributed by atoms with Crippen molar-refractivity contribution >= 4 is 17.8 Å². The molecular formula is C34H50N4O5. The average molecular weight is 595 g/mol. The van der Waals surface area contributed by atoms with Crippen LogP contribution in [0.1, 0.15) is 63.6 Å². The number of carbonyl (C=O) groups is 3. The van der Waals surface area contributed by atoms with E-state index in [9.17, 15) is 19.5 Å². The maximum Gasteiger partial charge on any atom is 0.318 e. The minimum atomic E-state index is -0.941. The van der Waals surface area contributed by atoms with E-state index in [2.05, 4.69) is 29.8 Å². The second kappa shape index (κ2) is 16.3. The summed E-state index contributed by atoms with van der Waals surface area (Å²) < 4.78 is 5.87. The Hall–Kier alpha value is -3.59. The fraction of sp³-hybridized carbons (Fsp3) is 0.559. The number of rotatable bonds is 15. The first-order valence-electron chi connectivity index (χ1n) is 15.5. The van der Waals surface area contributed by atoms with Crippen molar-refractivity contribution in [2.45, 2.75) is 91.5 Å². The lowest BCUT2D eigenvalue weighted by Crippen LogP contribution is -2.59. The highest BCUT2D eigenvalue weighted by Gasteiger charge is 2.35. The van der Waals surface area contributed by atoms with E-state index in [0.717, 1.165) is 23.1 Å². The Morgan fingerprint density at radius 2 is 1.65 bits per heavy atom. The van der Waals surface area contributed by atoms with Gasteiger partial charge in [0.1, 0.15) is 11.8 Å². The van der Waals surface area contributed by atoms with Crippen LogP contribution in [0.3, 0.4) is 0 Å². The zero-order valence-electron chi connectivity index (χ0n) is 26.6. The van der Waals surface area contributed by atoms with Crippen molar-refractivity contribution in [2.24, 2.45) is 11.8 Å². The molecule has 1 aliphatic rings. The number of hydrogen-bond donors (Lipinski definition) is 4. The van der Waals surface area contributed by atoms with Crippen LogP contribution < -0.4 is 20.7 Å². The third-order valence-corrected chi connectivity index (χ3v) is 7.84. The first kappa shape index (κ1) is 33.9. The van der Waals surface area contributed by atoms with E-state index in [4.69, 9.17) is 4.74 Å². The number of nitrogens with zero attached hydrogens (tertiary/aromatic N) is 1. The minimum absolute atomic E-state index is 0.0875. The molecule has 1 saturated heterocycles. The van der Waals surface area contributed by atoms with Gasteiger partial charge in [-0.25, -0.2) is 4.79 Å². The normalized spacial score (nSPS) is 16.3. The molecule has 0 radical (unpaired) electrons. The Morgan fingerprint density at radius 1 is 0.977 bits per heavy atom. The molecule has 1 aliphatic heterocycles. The number of aryl methyl sites for hydroxylation is 2. The number of para-hydroxylation sites is 1. The number of carbonyl (C=O) groups excluding carboxylic acids is 3. The Morgan fingerprint density at radius 3 is 2.26 bits per heavy atom. The van der Waals surface area contributed by atoms with Crippen molar-refractivity contribution in [3.8, 4) is 5.75 Å². The minimum Gasteiger partial charge on any atom is -0.483 e. The van der Waals surface area contributed by atoms with E-state index >= 15 is 0 Å². The quantitative estimate of drug-likeness (QED) is 0.247. The van der Waals surface area contributed by atoms with E-state index in [1.807, 2.05) is 76.2 Å². The number of aliphatic hydroxyl groups excluding tert-OH is 1. The molecule has 4 amide bonds. The van der Waals surface area contributed by atoms with Crippen LogP contribution in [0.25, 0.3) is 0 Å². The molecule has 0 aliphatic carbocycles. The predicted octanol–water partition coefficient (Wildman–Crippen LogP) is 4.13. The molecule has 9 heteroatoms. The molecule has 0 aromatic heterocycles. The van der Waals surface area contributed by atoms with Crippen LogP contribution in [-0.4, -0.2) is 71.8 Å². The molecule has 4 atom stereocenters. The molecular weight excluding hydrogens is 544 g/mol. The molecule has 0 bridgehead atoms. The Balaban J connectivity index is 1.74. The van der Waals surface area contributed by atoms with Gasteiger partial charge >= 0.3 is 6.03 Å². The SMILES string of the molecule is Cc1cccc(C)c1OCC(=O)N[C@@H](Cc1ccccc1)[C@@H](O)C[C@H](CC(C)C)NC(=O)C(C(C)C)N1CCCNC1=O. The van der Waals surface area contributed by atoms with E-state index in [1.54, 1.807) is 4.90 Å². The highest BCUT2D eigenvalue weighted by molar-refractivity contribution is 5.87. The number of hydrogen-bond acceptors (Lipinski definition) is 5. The fourth-order valence-corrected chi connectivity index (χ4v) is 5.81. The van der Waals surface area contributed by atoms with Gasteiger partial charge < -0.3 is 30.7 Å². The molecule has 4 N–H and O–H groups in total. The maximum atomic E-state index is 13.6. The summed E-state index contributed by atoms with van der Waals surface area (Å²) in [6.07, 6.45) is 1.15. The molecule has 43 heavy (non-hydrogen) atoms. The Labute approximate surface area is 256 Å². The fourth-order valence-electron chi connectivity index (χ4n) is 5.81. The molecule has 2 aromatic rings. The van der Waals surface area contributed by atoms with Crippen LogP contribution in [0.4, 0.5) is 4.79 Å². The van der Waals surface area contributed by atoms with Crippen LogP contribution in [0.2, 0.25) is 0 Å². The van der Waals surface area contributed by atoms with Gasteiger partial charge in [0.15, 0.2) is 6.61 Å². The smallest absolute Gasteiger partial charge is 0.318 e. The molecule has 0 spiro atoms. The highest BCUT2D eigenvalue weighted by Crippen LogP contribution is 2.22. The van der Waals surface area contributed by atoms with Gasteiger partial charge in [-0.15, -0.1) is 0 Å². The Bertz CT molecular complexity index is 1180. The topological polar surface area (TPSA) is 120 Å². The predicted molar refractivity (Wildman–Crippen MR) is 169 cm³/mol. The van der Waals surface area contributed by atoms with Gasteiger partial charge in [0.25, 0.3) is 5.91 Å². The molecule has 2 aromatic carbocycles. The summed E-state index contributed by atoms with van der Waals surface area (Å²) in [5.74, 6) is 0.287. The lowest BCUT2D eigenvalue weighted by Gasteiger charge is -2.37. The first-order chi connectivity index (χ1) is 20.5. The summed E-state index contributed by atoms with van der Waals surface area (Å²) in [5.41, 5.74) is 2.87. The van der Waals surface area contributed by atoms with Crippen LogP contribution in [0.15, 0.2) is 48.5 Å². The second-order valence-corrected chi connectivity index (χ2v) is 12.5. The third-order valence-electron chi connectivity index (χ3n) is 7.84. The lowest BCUT2D eigenvalue weighted by molar-refractivity contribution is -0.128. The molecule has 1 unspecified atom stereocenters. The second-order valence-electron chi connectivity index (χ2n) is 12.5. The summed E-state index contributed by atoms with van der Waals surface area (Å²) in [6, 6.07) is 13.7. The van der Waals surface area contributed by atoms with Gasteiger partial charge in [-0.1, -0.05) is 76.2 Å². The van der Waals surface area contributed by atoms with Crippen LogP contribution >= 0.6 is 0 Å². The van der Waals surface area contributed by atoms with Crippen molar-refractivity contribution in [1.82, 2.24) is 20.9 Å². The molecule has 1 heterocycles. The van der Waals surface area contributed by atoms with Gasteiger partial charge in [0.2, 0.25) is 5.91 Å². The number of urea groups is 1. The van der Waals surface area contributed by atoms with Crippen molar-refractivity contribution in [3.63, 3.8) is 0 Å². The largest absolute Gasteiger partial charge is 0.483 e. The third kappa shape index (κ3) is 10.3. The lowest BCUT2D eigenvalue weighted by atomic mass is 9.92. The van der Waals surface area contributed by atoms with Crippen molar-refractivity contribution < 1.29 is 24.2 Å². The van der Waals surface area contributed by atoms with E-state index in [0.29, 0.717) is 31.7 Å². The van der Waals surface area contributed by atoms with Gasteiger partial charge in [-0.3, -0.25) is 9.59 Å². The molecule has 9 nitrogen and oxygen atoms in total. The maximum absolute atomic E-state index is 13.6. The molecule has 236 valence electrons. The number of amides is 4. The van der Waals surface area contributed by atoms with Crippen molar-refractivity contribution in [2.75, 3.05) is 19.7 Å². The number of nitrogens with one attached hydrogen (secondary N) is 3. The summed E-state index contributed by atoms with van der Waals surface area (Å²) in [6.45, 7) is 12.8. The average Bonchev–Trinajstić information content (AvgIpc) is 2.93. The van der Waals surface area contributed by atoms with Crippen LogP contribution in [0.5, 0.6) is 5.75 Å². The number of benzene rings is 2. The number of aliphatic hydroxyl groups is 1. The van der Waals surface area contributed by atoms with Gasteiger partial charge in [-0.2, -0.15) is 0 Å². The van der Waals surface area contributed by atoms with Crippen molar-refractivity contribution in [3.05, 3.63) is 65.2 Å². The van der Waals surface area contributed by atoms with Gasteiger partial charge in [0, 0.05) is 19.1 Å². The van der Waals surface area contributed by atoms with Crippen molar-refractivity contribution in [1.29, 1.82) is 0 Å². The standard InChI is InChI=1S/C34H50N4O5/c1-22(2)18-27(36-33(41)31(23(3)4)38-17-11-16-35-34(38)42)20-29(39)28(19-26-14-8-7-9-15-26)37-30(40)21-43-32-24(5)12-10-13-25(32)6/h7-10,12-15,22-23,27-29,31,39H,11,16-21H2,1-6H3,(H,35,42)(H,36,41)(H,37,40)/t27-,28-,29-,31?/m0/s1. The zero-order valence-corrected chi connectivity index (χ0v) is 26.6. The van der Waals surface area contributed by atoms with E-state index in [-0.39, 0.29) is 48.8 Å². The molecule has 1 fully saturated rings. The Kier molecular flexibility index (Phi) is 12.9. The van der Waals surface area contributed by atoms with Gasteiger partial charge in [0.05, 0.1) is 12.1 Å². The first-order valence-corrected chi connectivity index (χ1v) is 15.5.